The highest BCUT2D eigenvalue weighted by atomic mass is 35.5. The molecule has 1 amide bonds. The molecule has 8 heteroatoms. The topological polar surface area (TPSA) is 48.0 Å². The van der Waals surface area contributed by atoms with E-state index in [-0.39, 0.29) is 5.91 Å². The lowest BCUT2D eigenvalue weighted by molar-refractivity contribution is -0.121. The summed E-state index contributed by atoms with van der Waals surface area (Å²) in [6.45, 7) is 7.47. The second kappa shape index (κ2) is 11.1. The van der Waals surface area contributed by atoms with Crippen molar-refractivity contribution in [2.45, 2.75) is 27.2 Å². The summed E-state index contributed by atoms with van der Waals surface area (Å²) in [6.07, 6.45) is 2.46. The summed E-state index contributed by atoms with van der Waals surface area (Å²) in [5, 5.41) is 0.414. The maximum Gasteiger partial charge on any atom is 0.266 e. The number of thioether (sulfide) groups is 1. The van der Waals surface area contributed by atoms with Crippen molar-refractivity contribution in [3.63, 3.8) is 0 Å². The number of para-hydroxylation sites is 1. The molecule has 3 rings (SSSR count). The van der Waals surface area contributed by atoms with E-state index in [1.807, 2.05) is 39.0 Å². The van der Waals surface area contributed by atoms with Crippen LogP contribution in [0.1, 0.15) is 30.0 Å². The number of rotatable bonds is 9. The average molecular weight is 492 g/mol. The van der Waals surface area contributed by atoms with E-state index >= 15 is 0 Å². The first kappa shape index (κ1) is 24.4. The zero-order valence-corrected chi connectivity index (χ0v) is 21.0. The summed E-state index contributed by atoms with van der Waals surface area (Å²) < 4.78 is 17.9. The van der Waals surface area contributed by atoms with E-state index in [4.69, 9.17) is 38.0 Å². The van der Waals surface area contributed by atoms with Crippen molar-refractivity contribution in [2.24, 2.45) is 0 Å². The van der Waals surface area contributed by atoms with E-state index in [2.05, 4.69) is 0 Å². The lowest BCUT2D eigenvalue weighted by Crippen LogP contribution is -2.27. The first-order valence-corrected chi connectivity index (χ1v) is 11.9. The highest BCUT2D eigenvalue weighted by Gasteiger charge is 2.30. The molecule has 5 nitrogen and oxygen atoms in total. The molecule has 0 saturated carbocycles. The number of methoxy groups -OCH3 is 1. The molecule has 1 aliphatic rings. The number of aryl methyl sites for hydroxylation is 2. The zero-order chi connectivity index (χ0) is 23.3. The summed E-state index contributed by atoms with van der Waals surface area (Å²) >= 11 is 13.0. The first-order valence-electron chi connectivity index (χ1n) is 10.3. The fourth-order valence-corrected chi connectivity index (χ4v) is 4.98. The molecule has 0 bridgehead atoms. The van der Waals surface area contributed by atoms with Gasteiger partial charge in [0.15, 0.2) is 11.5 Å². The molecule has 2 aromatic rings. The van der Waals surface area contributed by atoms with Crippen molar-refractivity contribution in [3.05, 3.63) is 56.9 Å². The number of likely N-dealkylation sites (N-methyl/N-ethyl adjacent to an activating group) is 1. The number of benzene rings is 2. The van der Waals surface area contributed by atoms with Gasteiger partial charge in [-0.15, -0.1) is 0 Å². The van der Waals surface area contributed by atoms with Gasteiger partial charge in [-0.25, -0.2) is 0 Å². The predicted molar refractivity (Wildman–Crippen MR) is 135 cm³/mol. The molecular weight excluding hydrogens is 466 g/mol. The van der Waals surface area contributed by atoms with Crippen LogP contribution in [0.4, 0.5) is 0 Å². The summed E-state index contributed by atoms with van der Waals surface area (Å²) in [5.74, 6) is 1.80. The lowest BCUT2D eigenvalue weighted by atomic mass is 10.1. The Morgan fingerprint density at radius 2 is 1.78 bits per heavy atom. The van der Waals surface area contributed by atoms with Gasteiger partial charge >= 0.3 is 0 Å². The van der Waals surface area contributed by atoms with Crippen LogP contribution in [0.15, 0.2) is 35.2 Å². The summed E-state index contributed by atoms with van der Waals surface area (Å²) in [7, 11) is 1.56. The van der Waals surface area contributed by atoms with Crippen molar-refractivity contribution in [2.75, 3.05) is 26.9 Å². The second-order valence-electron chi connectivity index (χ2n) is 7.23. The molecule has 1 fully saturated rings. The minimum atomic E-state index is -0.0956. The standard InChI is InChI=1S/C24H26ClNO4S2/c1-5-26-23(27)20(32-24(26)31)14-17-12-18(25)22(19(13-17)28-4)30-11-7-10-29-21-15(2)8-6-9-16(21)3/h6,8-9,12-14H,5,7,10-11H2,1-4H3. The Morgan fingerprint density at radius 3 is 2.38 bits per heavy atom. The van der Waals surface area contributed by atoms with E-state index in [0.29, 0.717) is 51.9 Å². The third-order valence-corrected chi connectivity index (χ3v) is 6.59. The van der Waals surface area contributed by atoms with Crippen LogP contribution in [0, 0.1) is 13.8 Å². The molecule has 1 saturated heterocycles. The van der Waals surface area contributed by atoms with E-state index < -0.39 is 0 Å². The lowest BCUT2D eigenvalue weighted by Gasteiger charge is -2.15. The molecule has 0 aromatic heterocycles. The molecule has 1 aliphatic heterocycles. The number of amides is 1. The Bertz CT molecular complexity index is 1030. The fraction of sp³-hybridized carbons (Fsp3) is 0.333. The van der Waals surface area contributed by atoms with Gasteiger partial charge in [0.1, 0.15) is 10.1 Å². The van der Waals surface area contributed by atoms with Crippen LogP contribution in [0.5, 0.6) is 17.2 Å². The molecule has 2 aromatic carbocycles. The van der Waals surface area contributed by atoms with Gasteiger partial charge in [-0.2, -0.15) is 0 Å². The smallest absolute Gasteiger partial charge is 0.266 e. The van der Waals surface area contributed by atoms with Crippen LogP contribution in [0.3, 0.4) is 0 Å². The van der Waals surface area contributed by atoms with E-state index in [0.717, 1.165) is 22.4 Å². The minimum absolute atomic E-state index is 0.0956. The molecule has 0 radical (unpaired) electrons. The predicted octanol–water partition coefficient (Wildman–Crippen LogP) is 6.03. The number of thiocarbonyl (C=S) groups is 1. The largest absolute Gasteiger partial charge is 0.493 e. The van der Waals surface area contributed by atoms with Crippen molar-refractivity contribution in [1.82, 2.24) is 4.90 Å². The number of hydrogen-bond donors (Lipinski definition) is 0. The van der Waals surface area contributed by atoms with Gasteiger partial charge < -0.3 is 14.2 Å². The van der Waals surface area contributed by atoms with Gasteiger partial charge in [0.25, 0.3) is 5.91 Å². The van der Waals surface area contributed by atoms with Gasteiger partial charge in [0.2, 0.25) is 0 Å². The van der Waals surface area contributed by atoms with Gasteiger partial charge in [-0.05, 0) is 55.7 Å². The SMILES string of the molecule is CCN1C(=O)C(=Cc2cc(Cl)c(OCCCOc3c(C)cccc3C)c(OC)c2)SC1=S. The number of halogens is 1. The normalized spacial score (nSPS) is 14.9. The summed E-state index contributed by atoms with van der Waals surface area (Å²) in [4.78, 5) is 14.6. The third kappa shape index (κ3) is 5.57. The zero-order valence-electron chi connectivity index (χ0n) is 18.6. The molecule has 0 spiro atoms. The Balaban J connectivity index is 1.64. The van der Waals surface area contributed by atoms with Crippen LogP contribution in [0.2, 0.25) is 5.02 Å². The number of carbonyl (C=O) groups is 1. The molecule has 0 atom stereocenters. The molecule has 170 valence electrons. The van der Waals surface area contributed by atoms with Crippen LogP contribution >= 0.6 is 35.6 Å². The molecule has 0 N–H and O–H groups in total. The first-order chi connectivity index (χ1) is 15.3. The highest BCUT2D eigenvalue weighted by Crippen LogP contribution is 2.39. The number of nitrogens with zero attached hydrogens (tertiary/aromatic N) is 1. The second-order valence-corrected chi connectivity index (χ2v) is 9.31. The van der Waals surface area contributed by atoms with Crippen molar-refractivity contribution >= 4 is 51.9 Å². The Kier molecular flexibility index (Phi) is 8.45. The Labute approximate surface area is 203 Å². The average Bonchev–Trinajstić information content (AvgIpc) is 3.02. The van der Waals surface area contributed by atoms with E-state index in [1.165, 1.54) is 11.8 Å². The van der Waals surface area contributed by atoms with Crippen LogP contribution in [-0.4, -0.2) is 42.0 Å². The van der Waals surface area contributed by atoms with Gasteiger partial charge in [0, 0.05) is 13.0 Å². The Morgan fingerprint density at radius 1 is 1.12 bits per heavy atom. The minimum Gasteiger partial charge on any atom is -0.493 e. The third-order valence-electron chi connectivity index (χ3n) is 4.93. The molecule has 1 heterocycles. The molecule has 0 unspecified atom stereocenters. The van der Waals surface area contributed by atoms with Gasteiger partial charge in [-0.1, -0.05) is 53.8 Å². The van der Waals surface area contributed by atoms with E-state index in [9.17, 15) is 4.79 Å². The van der Waals surface area contributed by atoms with Crippen molar-refractivity contribution in [1.29, 1.82) is 0 Å². The van der Waals surface area contributed by atoms with Crippen LogP contribution in [-0.2, 0) is 4.79 Å². The molecular formula is C24H26ClNO4S2. The van der Waals surface area contributed by atoms with Gasteiger partial charge in [0.05, 0.1) is 30.3 Å². The summed E-state index contributed by atoms with van der Waals surface area (Å²) in [5.41, 5.74) is 2.97. The molecule has 32 heavy (non-hydrogen) atoms. The van der Waals surface area contributed by atoms with E-state index in [1.54, 1.807) is 30.2 Å². The van der Waals surface area contributed by atoms with Gasteiger partial charge in [-0.3, -0.25) is 9.69 Å². The van der Waals surface area contributed by atoms with Crippen LogP contribution in [0.25, 0.3) is 6.08 Å². The van der Waals surface area contributed by atoms with Crippen molar-refractivity contribution < 1.29 is 19.0 Å². The fourth-order valence-electron chi connectivity index (χ4n) is 3.32. The number of ether oxygens (including phenoxy) is 3. The molecule has 0 aliphatic carbocycles. The monoisotopic (exact) mass is 491 g/mol. The maximum atomic E-state index is 12.5. The van der Waals surface area contributed by atoms with Crippen LogP contribution < -0.4 is 14.2 Å². The maximum absolute atomic E-state index is 12.5. The quantitative estimate of drug-likeness (QED) is 0.242. The number of carbonyl (C=O) groups excluding carboxylic acids is 1. The number of hydrogen-bond acceptors (Lipinski definition) is 6. The van der Waals surface area contributed by atoms with Crippen molar-refractivity contribution in [3.8, 4) is 17.2 Å². The summed E-state index contributed by atoms with van der Waals surface area (Å²) in [6, 6.07) is 9.64. The Hall–Kier alpha value is -2.22. The highest BCUT2D eigenvalue weighted by molar-refractivity contribution is 8.26.